The zero-order chi connectivity index (χ0) is 23.0. The molecule has 3 rings (SSSR count). The molecule has 0 spiro atoms. The summed E-state index contributed by atoms with van der Waals surface area (Å²) in [5, 5.41) is 5.60. The van der Waals surface area contributed by atoms with Gasteiger partial charge in [-0.05, 0) is 67.7 Å². The van der Waals surface area contributed by atoms with Gasteiger partial charge >= 0.3 is 6.03 Å². The summed E-state index contributed by atoms with van der Waals surface area (Å²) < 4.78 is 40.7. The van der Waals surface area contributed by atoms with Gasteiger partial charge in [0.25, 0.3) is 0 Å². The lowest BCUT2D eigenvalue weighted by molar-refractivity contribution is 0.231. The summed E-state index contributed by atoms with van der Waals surface area (Å²) >= 11 is 5.69. The fourth-order valence-electron chi connectivity index (χ4n) is 3.86. The molecule has 6 nitrogen and oxygen atoms in total. The fraction of sp³-hybridized carbons (Fsp3) is 0.435. The van der Waals surface area contributed by atoms with E-state index in [-0.39, 0.29) is 21.9 Å². The van der Waals surface area contributed by atoms with Crippen LogP contribution in [0.2, 0.25) is 5.02 Å². The Morgan fingerprint density at radius 1 is 0.969 bits per heavy atom. The summed E-state index contributed by atoms with van der Waals surface area (Å²) in [7, 11) is -3.73. The van der Waals surface area contributed by atoms with Crippen LogP contribution in [0.15, 0.2) is 53.4 Å². The van der Waals surface area contributed by atoms with E-state index >= 15 is 0 Å². The molecular weight excluding hydrogens is 453 g/mol. The van der Waals surface area contributed by atoms with E-state index in [4.69, 9.17) is 11.6 Å². The molecule has 1 aliphatic carbocycles. The zero-order valence-corrected chi connectivity index (χ0v) is 19.4. The number of amides is 2. The summed E-state index contributed by atoms with van der Waals surface area (Å²) in [6, 6.07) is 13.2. The minimum Gasteiger partial charge on any atom is -0.338 e. The Morgan fingerprint density at radius 3 is 2.28 bits per heavy atom. The number of benzene rings is 2. The quantitative estimate of drug-likeness (QED) is 0.503. The molecule has 2 aromatic rings. The van der Waals surface area contributed by atoms with Gasteiger partial charge in [-0.25, -0.2) is 22.3 Å². The van der Waals surface area contributed by atoms with Crippen LogP contribution in [0.5, 0.6) is 0 Å². The van der Waals surface area contributed by atoms with Gasteiger partial charge in [-0.2, -0.15) is 0 Å². The molecule has 32 heavy (non-hydrogen) atoms. The van der Waals surface area contributed by atoms with Crippen molar-refractivity contribution in [2.45, 2.75) is 37.0 Å². The number of nitrogens with one attached hydrogen (secondary N) is 3. The van der Waals surface area contributed by atoms with Gasteiger partial charge < -0.3 is 10.6 Å². The summed E-state index contributed by atoms with van der Waals surface area (Å²) in [5.41, 5.74) is 1.18. The van der Waals surface area contributed by atoms with Crippen LogP contribution in [-0.4, -0.2) is 34.1 Å². The van der Waals surface area contributed by atoms with E-state index in [0.29, 0.717) is 25.6 Å². The number of carbonyl (C=O) groups is 1. The van der Waals surface area contributed by atoms with Crippen molar-refractivity contribution >= 4 is 27.7 Å². The average molecular weight is 482 g/mol. The van der Waals surface area contributed by atoms with Gasteiger partial charge in [-0.1, -0.05) is 41.9 Å². The molecule has 0 bridgehead atoms. The maximum absolute atomic E-state index is 13.3. The molecule has 2 amide bonds. The first-order chi connectivity index (χ1) is 15.3. The third-order valence-electron chi connectivity index (χ3n) is 5.82. The van der Waals surface area contributed by atoms with Gasteiger partial charge in [0.2, 0.25) is 10.0 Å². The SMILES string of the molecule is O=C(NCCc1ccccc1)NCC1CCC(CNS(=O)(=O)c2ccc(F)c(Cl)c2)CC1. The highest BCUT2D eigenvalue weighted by atomic mass is 35.5. The second kappa shape index (κ2) is 11.6. The van der Waals surface area contributed by atoms with E-state index in [2.05, 4.69) is 15.4 Å². The minimum absolute atomic E-state index is 0.0416. The Hall–Kier alpha value is -2.16. The molecule has 0 heterocycles. The smallest absolute Gasteiger partial charge is 0.314 e. The number of hydrogen-bond acceptors (Lipinski definition) is 3. The number of rotatable bonds is 9. The Labute approximate surface area is 194 Å². The molecule has 0 aromatic heterocycles. The van der Waals surface area contributed by atoms with Crippen molar-refractivity contribution in [1.82, 2.24) is 15.4 Å². The largest absolute Gasteiger partial charge is 0.338 e. The Balaban J connectivity index is 1.32. The monoisotopic (exact) mass is 481 g/mol. The highest BCUT2D eigenvalue weighted by molar-refractivity contribution is 7.89. The van der Waals surface area contributed by atoms with Crippen molar-refractivity contribution in [3.8, 4) is 0 Å². The molecule has 9 heteroatoms. The van der Waals surface area contributed by atoms with Crippen LogP contribution < -0.4 is 15.4 Å². The molecule has 0 atom stereocenters. The van der Waals surface area contributed by atoms with Crippen LogP contribution in [-0.2, 0) is 16.4 Å². The summed E-state index contributed by atoms with van der Waals surface area (Å²) in [4.78, 5) is 12.0. The second-order valence-corrected chi connectivity index (χ2v) is 10.4. The molecule has 0 aliphatic heterocycles. The standard InChI is InChI=1S/C23H29ClFN3O3S/c24-21-14-20(10-11-22(21)25)32(30,31)28-16-19-8-6-18(7-9-19)15-27-23(29)26-13-12-17-4-2-1-3-5-17/h1-5,10-11,14,18-19,28H,6-9,12-13,15-16H2,(H2,26,27,29). The topological polar surface area (TPSA) is 87.3 Å². The highest BCUT2D eigenvalue weighted by Crippen LogP contribution is 2.28. The van der Waals surface area contributed by atoms with Crippen LogP contribution in [0.25, 0.3) is 0 Å². The predicted octanol–water partition coefficient (Wildman–Crippen LogP) is 4.11. The lowest BCUT2D eigenvalue weighted by Gasteiger charge is -2.28. The van der Waals surface area contributed by atoms with Crippen LogP contribution in [0.4, 0.5) is 9.18 Å². The number of halogens is 2. The average Bonchev–Trinajstić information content (AvgIpc) is 2.79. The first-order valence-electron chi connectivity index (χ1n) is 10.8. The normalized spacial score (nSPS) is 18.8. The number of hydrogen-bond donors (Lipinski definition) is 3. The van der Waals surface area contributed by atoms with Gasteiger partial charge in [0, 0.05) is 19.6 Å². The molecule has 1 saturated carbocycles. The molecule has 1 aliphatic rings. The van der Waals surface area contributed by atoms with E-state index in [9.17, 15) is 17.6 Å². The highest BCUT2D eigenvalue weighted by Gasteiger charge is 2.24. The number of sulfonamides is 1. The lowest BCUT2D eigenvalue weighted by Crippen LogP contribution is -2.40. The number of urea groups is 1. The molecule has 1 fully saturated rings. The molecule has 0 unspecified atom stereocenters. The lowest BCUT2D eigenvalue weighted by atomic mass is 9.82. The van der Waals surface area contributed by atoms with Crippen LogP contribution in [0.3, 0.4) is 0 Å². The fourth-order valence-corrected chi connectivity index (χ4v) is 5.25. The van der Waals surface area contributed by atoms with E-state index in [1.807, 2.05) is 30.3 Å². The molecule has 3 N–H and O–H groups in total. The van der Waals surface area contributed by atoms with Gasteiger partial charge in [0.1, 0.15) is 5.82 Å². The van der Waals surface area contributed by atoms with Crippen molar-refractivity contribution in [3.63, 3.8) is 0 Å². The first-order valence-corrected chi connectivity index (χ1v) is 12.7. The number of carbonyl (C=O) groups excluding carboxylic acids is 1. The Kier molecular flexibility index (Phi) is 8.90. The third kappa shape index (κ3) is 7.46. The first kappa shape index (κ1) is 24.5. The molecule has 2 aromatic carbocycles. The predicted molar refractivity (Wildman–Crippen MR) is 124 cm³/mol. The van der Waals surface area contributed by atoms with Crippen molar-refractivity contribution in [3.05, 3.63) is 64.9 Å². The maximum atomic E-state index is 13.3. The Morgan fingerprint density at radius 2 is 1.62 bits per heavy atom. The zero-order valence-electron chi connectivity index (χ0n) is 17.8. The van der Waals surface area contributed by atoms with Crippen LogP contribution in [0.1, 0.15) is 31.2 Å². The van der Waals surface area contributed by atoms with Crippen molar-refractivity contribution in [2.24, 2.45) is 11.8 Å². The second-order valence-electron chi connectivity index (χ2n) is 8.19. The minimum atomic E-state index is -3.73. The Bertz CT molecular complexity index is 997. The summed E-state index contributed by atoms with van der Waals surface area (Å²) in [5.74, 6) is -0.0299. The van der Waals surface area contributed by atoms with Gasteiger partial charge in [-0.3, -0.25) is 0 Å². The molecular formula is C23H29ClFN3O3S. The van der Waals surface area contributed by atoms with Gasteiger partial charge in [-0.15, -0.1) is 0 Å². The maximum Gasteiger partial charge on any atom is 0.314 e. The molecule has 174 valence electrons. The van der Waals surface area contributed by atoms with Crippen molar-refractivity contribution < 1.29 is 17.6 Å². The van der Waals surface area contributed by atoms with Gasteiger partial charge in [0.15, 0.2) is 0 Å². The van der Waals surface area contributed by atoms with E-state index in [0.717, 1.165) is 44.2 Å². The van der Waals surface area contributed by atoms with Gasteiger partial charge in [0.05, 0.1) is 9.92 Å². The van der Waals surface area contributed by atoms with E-state index < -0.39 is 15.8 Å². The van der Waals surface area contributed by atoms with E-state index in [1.165, 1.54) is 11.6 Å². The van der Waals surface area contributed by atoms with Crippen molar-refractivity contribution in [2.75, 3.05) is 19.6 Å². The molecule has 0 radical (unpaired) electrons. The van der Waals surface area contributed by atoms with E-state index in [1.54, 1.807) is 0 Å². The third-order valence-corrected chi connectivity index (χ3v) is 7.53. The summed E-state index contributed by atoms with van der Waals surface area (Å²) in [6.07, 6.45) is 4.42. The molecule has 0 saturated heterocycles. The van der Waals surface area contributed by atoms with Crippen molar-refractivity contribution in [1.29, 1.82) is 0 Å². The van der Waals surface area contributed by atoms with Crippen LogP contribution in [0, 0.1) is 17.7 Å². The van der Waals surface area contributed by atoms with Crippen LogP contribution >= 0.6 is 11.6 Å². The summed E-state index contributed by atoms with van der Waals surface area (Å²) in [6.45, 7) is 1.53.